The zero-order chi connectivity index (χ0) is 14.5. The third kappa shape index (κ3) is 3.40. The normalized spacial score (nSPS) is 14.9. The number of piperazine rings is 1. The summed E-state index contributed by atoms with van der Waals surface area (Å²) in [7, 11) is 1.33. The van der Waals surface area contributed by atoms with Crippen LogP contribution in [0.15, 0.2) is 24.3 Å². The summed E-state index contributed by atoms with van der Waals surface area (Å²) in [5.74, 6) is 0.116. The van der Waals surface area contributed by atoms with E-state index in [0.717, 1.165) is 31.9 Å². The standard InChI is InChI=1S/C14H19N3O3/c1-11(18)16-6-8-17(9-7-16)13-5-3-4-12(10-13)15-14(19)20-2/h3-5,10H,6-9H2,1-2H3,(H,15,19). The molecule has 0 radical (unpaired) electrons. The van der Waals surface area contributed by atoms with Crippen molar-refractivity contribution in [3.63, 3.8) is 0 Å². The van der Waals surface area contributed by atoms with Crippen LogP contribution < -0.4 is 10.2 Å². The average Bonchev–Trinajstić information content (AvgIpc) is 2.47. The summed E-state index contributed by atoms with van der Waals surface area (Å²) in [5, 5.41) is 2.65. The van der Waals surface area contributed by atoms with Gasteiger partial charge >= 0.3 is 6.09 Å². The van der Waals surface area contributed by atoms with Crippen molar-refractivity contribution < 1.29 is 14.3 Å². The number of carbonyl (C=O) groups is 2. The number of amides is 2. The molecule has 1 aliphatic heterocycles. The Hall–Kier alpha value is -2.24. The molecule has 20 heavy (non-hydrogen) atoms. The van der Waals surface area contributed by atoms with Crippen LogP contribution in [0.2, 0.25) is 0 Å². The van der Waals surface area contributed by atoms with E-state index in [1.807, 2.05) is 29.2 Å². The van der Waals surface area contributed by atoms with E-state index in [2.05, 4.69) is 15.0 Å². The summed E-state index contributed by atoms with van der Waals surface area (Å²) >= 11 is 0. The Morgan fingerprint density at radius 2 is 1.90 bits per heavy atom. The van der Waals surface area contributed by atoms with Crippen LogP contribution >= 0.6 is 0 Å². The maximum absolute atomic E-state index is 11.3. The van der Waals surface area contributed by atoms with Gasteiger partial charge in [-0.05, 0) is 18.2 Å². The summed E-state index contributed by atoms with van der Waals surface area (Å²) in [6, 6.07) is 7.59. The highest BCUT2D eigenvalue weighted by Gasteiger charge is 2.18. The van der Waals surface area contributed by atoms with Crippen LogP contribution in [0.3, 0.4) is 0 Å². The number of hydrogen-bond donors (Lipinski definition) is 1. The lowest BCUT2D eigenvalue weighted by Gasteiger charge is -2.35. The van der Waals surface area contributed by atoms with Gasteiger partial charge in [-0.25, -0.2) is 4.79 Å². The lowest BCUT2D eigenvalue weighted by molar-refractivity contribution is -0.129. The fourth-order valence-electron chi connectivity index (χ4n) is 2.23. The van der Waals surface area contributed by atoms with Gasteiger partial charge in [0.1, 0.15) is 0 Å². The largest absolute Gasteiger partial charge is 0.453 e. The SMILES string of the molecule is COC(=O)Nc1cccc(N2CCN(C(C)=O)CC2)c1. The van der Waals surface area contributed by atoms with Crippen LogP contribution in [0.5, 0.6) is 0 Å². The Balaban J connectivity index is 2.01. The average molecular weight is 277 g/mol. The predicted molar refractivity (Wildman–Crippen MR) is 76.9 cm³/mol. The molecule has 1 saturated heterocycles. The summed E-state index contributed by atoms with van der Waals surface area (Å²) in [6.45, 7) is 4.63. The fourth-order valence-corrected chi connectivity index (χ4v) is 2.23. The molecule has 1 aromatic carbocycles. The zero-order valence-corrected chi connectivity index (χ0v) is 11.8. The molecule has 0 atom stereocenters. The highest BCUT2D eigenvalue weighted by molar-refractivity contribution is 5.85. The van der Waals surface area contributed by atoms with Crippen molar-refractivity contribution in [3.05, 3.63) is 24.3 Å². The van der Waals surface area contributed by atoms with Crippen molar-refractivity contribution >= 4 is 23.4 Å². The number of rotatable bonds is 2. The highest BCUT2D eigenvalue weighted by Crippen LogP contribution is 2.21. The van der Waals surface area contributed by atoms with Gasteiger partial charge in [-0.15, -0.1) is 0 Å². The van der Waals surface area contributed by atoms with Crippen molar-refractivity contribution in [1.82, 2.24) is 4.90 Å². The van der Waals surface area contributed by atoms with Gasteiger partial charge in [0, 0.05) is 44.5 Å². The number of nitrogens with one attached hydrogen (secondary N) is 1. The summed E-state index contributed by atoms with van der Waals surface area (Å²) in [4.78, 5) is 26.5. The summed E-state index contributed by atoms with van der Waals surface area (Å²) in [5.41, 5.74) is 1.73. The minimum Gasteiger partial charge on any atom is -0.453 e. The molecule has 6 nitrogen and oxygen atoms in total. The van der Waals surface area contributed by atoms with E-state index < -0.39 is 6.09 Å². The number of anilines is 2. The smallest absolute Gasteiger partial charge is 0.411 e. The third-order valence-electron chi connectivity index (χ3n) is 3.37. The van der Waals surface area contributed by atoms with Gasteiger partial charge in [-0.1, -0.05) is 6.07 Å². The first kappa shape index (κ1) is 14.2. The van der Waals surface area contributed by atoms with Crippen LogP contribution in [0, 0.1) is 0 Å². The Morgan fingerprint density at radius 1 is 1.20 bits per heavy atom. The molecule has 1 aliphatic rings. The molecular weight excluding hydrogens is 258 g/mol. The second-order valence-corrected chi connectivity index (χ2v) is 4.66. The molecule has 0 bridgehead atoms. The molecule has 0 aliphatic carbocycles. The van der Waals surface area contributed by atoms with Gasteiger partial charge in [-0.2, -0.15) is 0 Å². The Bertz CT molecular complexity index is 496. The molecule has 1 fully saturated rings. The molecule has 0 spiro atoms. The van der Waals surface area contributed by atoms with E-state index in [-0.39, 0.29) is 5.91 Å². The van der Waals surface area contributed by atoms with Crippen LogP contribution in [-0.2, 0) is 9.53 Å². The number of ether oxygens (including phenoxy) is 1. The minimum atomic E-state index is -0.483. The molecule has 1 N–H and O–H groups in total. The van der Waals surface area contributed by atoms with E-state index in [1.54, 1.807) is 6.92 Å². The molecule has 108 valence electrons. The Labute approximate surface area is 118 Å². The van der Waals surface area contributed by atoms with Crippen molar-refractivity contribution in [2.45, 2.75) is 6.92 Å². The lowest BCUT2D eigenvalue weighted by Crippen LogP contribution is -2.48. The van der Waals surface area contributed by atoms with Gasteiger partial charge in [0.2, 0.25) is 5.91 Å². The molecule has 0 unspecified atom stereocenters. The molecular formula is C14H19N3O3. The lowest BCUT2D eigenvalue weighted by atomic mass is 10.2. The fraction of sp³-hybridized carbons (Fsp3) is 0.429. The maximum atomic E-state index is 11.3. The quantitative estimate of drug-likeness (QED) is 0.890. The van der Waals surface area contributed by atoms with Gasteiger partial charge in [0.15, 0.2) is 0 Å². The molecule has 2 rings (SSSR count). The molecule has 1 heterocycles. The minimum absolute atomic E-state index is 0.116. The van der Waals surface area contributed by atoms with E-state index in [4.69, 9.17) is 0 Å². The third-order valence-corrected chi connectivity index (χ3v) is 3.37. The first-order valence-corrected chi connectivity index (χ1v) is 6.55. The summed E-state index contributed by atoms with van der Waals surface area (Å²) in [6.07, 6.45) is -0.483. The molecule has 0 aromatic heterocycles. The number of benzene rings is 1. The van der Waals surface area contributed by atoms with Crippen LogP contribution in [-0.4, -0.2) is 50.2 Å². The van der Waals surface area contributed by atoms with Crippen molar-refractivity contribution in [2.24, 2.45) is 0 Å². The highest BCUT2D eigenvalue weighted by atomic mass is 16.5. The second kappa shape index (κ2) is 6.27. The Morgan fingerprint density at radius 3 is 2.50 bits per heavy atom. The maximum Gasteiger partial charge on any atom is 0.411 e. The van der Waals surface area contributed by atoms with E-state index in [9.17, 15) is 9.59 Å². The Kier molecular flexibility index (Phi) is 4.45. The van der Waals surface area contributed by atoms with Crippen LogP contribution in [0.4, 0.5) is 16.2 Å². The molecule has 0 saturated carbocycles. The van der Waals surface area contributed by atoms with Gasteiger partial charge < -0.3 is 14.5 Å². The number of carbonyl (C=O) groups excluding carboxylic acids is 2. The van der Waals surface area contributed by atoms with Crippen molar-refractivity contribution in [2.75, 3.05) is 43.5 Å². The number of hydrogen-bond acceptors (Lipinski definition) is 4. The number of methoxy groups -OCH3 is 1. The van der Waals surface area contributed by atoms with E-state index in [1.165, 1.54) is 7.11 Å². The summed E-state index contributed by atoms with van der Waals surface area (Å²) < 4.78 is 4.57. The van der Waals surface area contributed by atoms with Crippen molar-refractivity contribution in [3.8, 4) is 0 Å². The molecule has 6 heteroatoms. The van der Waals surface area contributed by atoms with Gasteiger partial charge in [0.05, 0.1) is 7.11 Å². The van der Waals surface area contributed by atoms with Crippen LogP contribution in [0.25, 0.3) is 0 Å². The number of nitrogens with zero attached hydrogens (tertiary/aromatic N) is 2. The molecule has 1 aromatic rings. The van der Waals surface area contributed by atoms with E-state index >= 15 is 0 Å². The van der Waals surface area contributed by atoms with Gasteiger partial charge in [-0.3, -0.25) is 10.1 Å². The second-order valence-electron chi connectivity index (χ2n) is 4.66. The predicted octanol–water partition coefficient (Wildman–Crippen LogP) is 1.53. The first-order chi connectivity index (χ1) is 9.60. The van der Waals surface area contributed by atoms with E-state index in [0.29, 0.717) is 5.69 Å². The topological polar surface area (TPSA) is 61.9 Å². The van der Waals surface area contributed by atoms with Crippen molar-refractivity contribution in [1.29, 1.82) is 0 Å². The zero-order valence-electron chi connectivity index (χ0n) is 11.8. The van der Waals surface area contributed by atoms with Gasteiger partial charge in [0.25, 0.3) is 0 Å². The monoisotopic (exact) mass is 277 g/mol. The molecule has 2 amide bonds. The van der Waals surface area contributed by atoms with Crippen LogP contribution in [0.1, 0.15) is 6.92 Å². The first-order valence-electron chi connectivity index (χ1n) is 6.55.